The fraction of sp³-hybridized carbons (Fsp3) is 0. The smallest absolute Gasteiger partial charge is 0.136 e. The van der Waals surface area contributed by atoms with Crippen molar-refractivity contribution in [1.29, 1.82) is 42.1 Å². The highest BCUT2D eigenvalue weighted by Gasteiger charge is 2.14. The summed E-state index contributed by atoms with van der Waals surface area (Å²) in [4.78, 5) is 0. The van der Waals surface area contributed by atoms with Gasteiger partial charge in [0.15, 0.2) is 0 Å². The lowest BCUT2D eigenvalue weighted by molar-refractivity contribution is 1.14. The van der Waals surface area contributed by atoms with Gasteiger partial charge in [0, 0.05) is 53.8 Å². The predicted molar refractivity (Wildman–Crippen MR) is 245 cm³/mol. The molecule has 9 aromatic rings. The van der Waals surface area contributed by atoms with Crippen LogP contribution in [0.4, 0.5) is 0 Å². The van der Waals surface area contributed by atoms with Gasteiger partial charge in [-0.05, 0) is 48.5 Å². The third-order valence-corrected chi connectivity index (χ3v) is 10.3. The molecular weight excluding hydrogens is 789 g/mol. The molecule has 0 fully saturated rings. The molecule has 0 bridgehead atoms. The van der Waals surface area contributed by atoms with Crippen LogP contribution in [0.25, 0.3) is 77.3 Å². The lowest BCUT2D eigenvalue weighted by Crippen LogP contribution is -2.11. The second-order valence-corrected chi connectivity index (χ2v) is 13.8. The van der Waals surface area contributed by atoms with Gasteiger partial charge in [0.1, 0.15) is 70.8 Å². The molecule has 0 aliphatic heterocycles. The van der Waals surface area contributed by atoms with Crippen LogP contribution in [0.1, 0.15) is 0 Å². The van der Waals surface area contributed by atoms with E-state index in [-0.39, 0.29) is 22.3 Å². The first-order chi connectivity index (χ1) is 31.4. The van der Waals surface area contributed by atoms with Crippen LogP contribution in [-0.4, -0.2) is 9.13 Å². The minimum absolute atomic E-state index is 0.00187. The molecule has 0 aliphatic rings. The molecular formula is C54H28N10. The Balaban J connectivity index is 0.000000162. The van der Waals surface area contributed by atoms with Crippen LogP contribution in [-0.2, 0) is 0 Å². The van der Waals surface area contributed by atoms with Gasteiger partial charge < -0.3 is 9.13 Å². The Hall–Kier alpha value is -10.5. The SMILES string of the molecule is N#CC(C#N)=c1ccc(=C(C#N)C#N)cc1.N#CC(C#N)=c1ccc(=C(C#N)C#N)cc1.c1ccc2c(c1)c1ccccc1n2-c1ccc(-n2c3ccccc3c3ccccc32)cc1. The fourth-order valence-electron chi connectivity index (χ4n) is 7.38. The topological polar surface area (TPSA) is 200 Å². The first kappa shape index (κ1) is 41.7. The number of nitrogens with zero attached hydrogens (tertiary/aromatic N) is 10. The third kappa shape index (κ3) is 8.09. The summed E-state index contributed by atoms with van der Waals surface area (Å²) in [6, 6.07) is 69.9. The zero-order valence-corrected chi connectivity index (χ0v) is 33.6. The Morgan fingerprint density at radius 1 is 0.250 bits per heavy atom. The molecule has 0 unspecified atom stereocenters. The van der Waals surface area contributed by atoms with Crippen molar-refractivity contribution >= 4 is 65.9 Å². The van der Waals surface area contributed by atoms with Gasteiger partial charge in [-0.2, -0.15) is 42.1 Å². The van der Waals surface area contributed by atoms with Crippen molar-refractivity contribution in [2.75, 3.05) is 0 Å². The highest BCUT2D eigenvalue weighted by molar-refractivity contribution is 6.10. The molecule has 10 heteroatoms. The summed E-state index contributed by atoms with van der Waals surface area (Å²) in [6.07, 6.45) is 0. The van der Waals surface area contributed by atoms with Crippen LogP contribution in [0.5, 0.6) is 0 Å². The third-order valence-electron chi connectivity index (χ3n) is 10.3. The molecule has 2 aromatic heterocycles. The largest absolute Gasteiger partial charge is 0.309 e. The molecule has 0 amide bonds. The van der Waals surface area contributed by atoms with E-state index in [1.165, 1.54) is 104 Å². The Kier molecular flexibility index (Phi) is 12.4. The molecule has 9 rings (SSSR count). The van der Waals surface area contributed by atoms with Gasteiger partial charge in [-0.3, -0.25) is 0 Å². The first-order valence-corrected chi connectivity index (χ1v) is 19.4. The van der Waals surface area contributed by atoms with Crippen molar-refractivity contribution in [2.45, 2.75) is 0 Å². The maximum Gasteiger partial charge on any atom is 0.136 e. The number of aromatic nitrogens is 2. The fourth-order valence-corrected chi connectivity index (χ4v) is 7.38. The standard InChI is InChI=1S/C30H20N2.2C12H4N4/c1-5-13-27-23(9-1)24-10-2-6-14-28(24)31(27)21-17-19-22(20-18-21)32-29-15-7-3-11-25(29)26-12-4-8-16-30(26)32;2*13-5-11(6-14)9-1-2-10(4-3-9)12(7-15)8-16/h1-20H;2*1-4H. The van der Waals surface area contributed by atoms with Gasteiger partial charge in [0.2, 0.25) is 0 Å². The highest BCUT2D eigenvalue weighted by atomic mass is 15.0. The summed E-state index contributed by atoms with van der Waals surface area (Å²) in [6.45, 7) is 0. The van der Waals surface area contributed by atoms with E-state index in [1.54, 1.807) is 48.6 Å². The number of para-hydroxylation sites is 4. The maximum atomic E-state index is 8.63. The van der Waals surface area contributed by atoms with E-state index in [4.69, 9.17) is 42.1 Å². The number of fused-ring (bicyclic) bond motifs is 6. The van der Waals surface area contributed by atoms with E-state index < -0.39 is 0 Å². The van der Waals surface area contributed by atoms with Gasteiger partial charge in [-0.25, -0.2) is 0 Å². The highest BCUT2D eigenvalue weighted by Crippen LogP contribution is 2.34. The molecule has 0 aliphatic carbocycles. The van der Waals surface area contributed by atoms with Gasteiger partial charge in [0.05, 0.1) is 22.1 Å². The average Bonchev–Trinajstić information content (AvgIpc) is 3.88. The Bertz CT molecular complexity index is 3340. The van der Waals surface area contributed by atoms with Crippen LogP contribution in [0, 0.1) is 90.6 Å². The van der Waals surface area contributed by atoms with Crippen LogP contribution in [0.3, 0.4) is 0 Å². The summed E-state index contributed by atoms with van der Waals surface area (Å²) < 4.78 is 4.72. The van der Waals surface area contributed by atoms with Crippen LogP contribution < -0.4 is 20.9 Å². The number of rotatable bonds is 2. The molecule has 0 saturated carbocycles. The summed E-state index contributed by atoms with van der Waals surface area (Å²) in [5.74, 6) is 0. The molecule has 0 N–H and O–H groups in total. The molecule has 2 heterocycles. The molecule has 0 atom stereocenters. The van der Waals surface area contributed by atoms with Crippen molar-refractivity contribution in [3.05, 3.63) is 191 Å². The molecule has 0 saturated heterocycles. The van der Waals surface area contributed by atoms with E-state index >= 15 is 0 Å². The van der Waals surface area contributed by atoms with Crippen molar-refractivity contribution in [1.82, 2.24) is 9.13 Å². The quantitative estimate of drug-likeness (QED) is 0.167. The Morgan fingerprint density at radius 3 is 0.625 bits per heavy atom. The van der Waals surface area contributed by atoms with E-state index in [1.807, 2.05) is 0 Å². The lowest BCUT2D eigenvalue weighted by Gasteiger charge is -2.11. The van der Waals surface area contributed by atoms with Crippen molar-refractivity contribution < 1.29 is 0 Å². The zero-order valence-electron chi connectivity index (χ0n) is 33.6. The summed E-state index contributed by atoms with van der Waals surface area (Å²) in [5, 5.41) is 76.1. The van der Waals surface area contributed by atoms with E-state index in [9.17, 15) is 0 Å². The monoisotopic (exact) mass is 816 g/mol. The van der Waals surface area contributed by atoms with Crippen LogP contribution in [0.15, 0.2) is 170 Å². The van der Waals surface area contributed by atoms with Gasteiger partial charge in [-0.1, -0.05) is 121 Å². The van der Waals surface area contributed by atoms with Gasteiger partial charge in [-0.15, -0.1) is 0 Å². The van der Waals surface area contributed by atoms with Crippen molar-refractivity contribution in [2.24, 2.45) is 0 Å². The summed E-state index contributed by atoms with van der Waals surface area (Å²) >= 11 is 0. The molecule has 294 valence electrons. The molecule has 0 spiro atoms. The van der Waals surface area contributed by atoms with E-state index in [0.717, 1.165) is 0 Å². The summed E-state index contributed by atoms with van der Waals surface area (Å²) in [7, 11) is 0. The molecule has 7 aromatic carbocycles. The van der Waals surface area contributed by atoms with Crippen molar-refractivity contribution in [3.63, 3.8) is 0 Å². The molecule has 0 radical (unpaired) electrons. The number of nitriles is 8. The number of benzene rings is 7. The second-order valence-electron chi connectivity index (χ2n) is 13.8. The first-order valence-electron chi connectivity index (χ1n) is 19.4. The zero-order chi connectivity index (χ0) is 45.0. The van der Waals surface area contributed by atoms with Crippen molar-refractivity contribution in [3.8, 4) is 59.9 Å². The lowest BCUT2D eigenvalue weighted by atomic mass is 10.1. The second kappa shape index (κ2) is 19.1. The van der Waals surface area contributed by atoms with Crippen LogP contribution >= 0.6 is 0 Å². The van der Waals surface area contributed by atoms with Gasteiger partial charge in [0.25, 0.3) is 0 Å². The number of hydrogen-bond donors (Lipinski definition) is 0. The average molecular weight is 817 g/mol. The van der Waals surface area contributed by atoms with Gasteiger partial charge >= 0.3 is 0 Å². The van der Waals surface area contributed by atoms with E-state index in [0.29, 0.717) is 20.9 Å². The predicted octanol–water partition coefficient (Wildman–Crippen LogP) is 8.05. The van der Waals surface area contributed by atoms with E-state index in [2.05, 4.69) is 130 Å². The summed E-state index contributed by atoms with van der Waals surface area (Å²) in [5.41, 5.74) is 7.29. The Morgan fingerprint density at radius 2 is 0.438 bits per heavy atom. The normalized spacial score (nSPS) is 9.75. The maximum absolute atomic E-state index is 8.63. The Labute approximate surface area is 366 Å². The minimum atomic E-state index is 0.00187. The minimum Gasteiger partial charge on any atom is -0.309 e. The molecule has 64 heavy (non-hydrogen) atoms. The van der Waals surface area contributed by atoms with Crippen LogP contribution in [0.2, 0.25) is 0 Å². The molecule has 10 nitrogen and oxygen atoms in total. The number of hydrogen-bond acceptors (Lipinski definition) is 8.